The summed E-state index contributed by atoms with van der Waals surface area (Å²) in [6, 6.07) is 5.00. The zero-order chi connectivity index (χ0) is 16.2. The Hall–Kier alpha value is -2.22. The number of hydrogen-bond acceptors (Lipinski definition) is 4. The van der Waals surface area contributed by atoms with E-state index in [1.165, 1.54) is 30.5 Å². The van der Waals surface area contributed by atoms with Crippen molar-refractivity contribution in [3.63, 3.8) is 0 Å². The van der Waals surface area contributed by atoms with Gasteiger partial charge in [-0.05, 0) is 31.2 Å². The van der Waals surface area contributed by atoms with Gasteiger partial charge in [-0.15, -0.1) is 13.2 Å². The summed E-state index contributed by atoms with van der Waals surface area (Å²) in [6.45, 7) is 1.98. The predicted octanol–water partition coefficient (Wildman–Crippen LogP) is 3.37. The van der Waals surface area contributed by atoms with Crippen LogP contribution in [0, 0.1) is 5.82 Å². The molecule has 2 aromatic rings. The van der Waals surface area contributed by atoms with E-state index < -0.39 is 12.2 Å². The lowest BCUT2D eigenvalue weighted by molar-refractivity contribution is -0.274. The van der Waals surface area contributed by atoms with E-state index in [4.69, 9.17) is 0 Å². The lowest BCUT2D eigenvalue weighted by atomic mass is 10.2. The van der Waals surface area contributed by atoms with Crippen LogP contribution in [-0.4, -0.2) is 16.3 Å². The predicted molar refractivity (Wildman–Crippen MR) is 70.4 cm³/mol. The first-order valence-corrected chi connectivity index (χ1v) is 6.39. The summed E-state index contributed by atoms with van der Waals surface area (Å²) in [5.74, 6) is -0.815. The summed E-state index contributed by atoms with van der Waals surface area (Å²) in [4.78, 5) is 7.79. The number of halogens is 4. The van der Waals surface area contributed by atoms with Crippen LogP contribution in [0.1, 0.15) is 24.4 Å². The van der Waals surface area contributed by atoms with Gasteiger partial charge < -0.3 is 10.1 Å². The van der Waals surface area contributed by atoms with Crippen LogP contribution in [0.4, 0.5) is 17.6 Å². The molecule has 22 heavy (non-hydrogen) atoms. The average Bonchev–Trinajstić information content (AvgIpc) is 2.45. The third kappa shape index (κ3) is 4.66. The number of aromatic nitrogens is 2. The molecule has 8 heteroatoms. The second-order valence-corrected chi connectivity index (χ2v) is 4.51. The molecule has 1 N–H and O–H groups in total. The van der Waals surface area contributed by atoms with Gasteiger partial charge >= 0.3 is 6.36 Å². The lowest BCUT2D eigenvalue weighted by Gasteiger charge is -2.14. The zero-order valence-electron chi connectivity index (χ0n) is 11.6. The number of pyridine rings is 2. The van der Waals surface area contributed by atoms with Gasteiger partial charge in [0.05, 0.1) is 17.6 Å². The molecule has 0 aliphatic carbocycles. The minimum absolute atomic E-state index is 0.253. The molecular formula is C14H13F4N3O. The molecule has 0 bridgehead atoms. The van der Waals surface area contributed by atoms with Gasteiger partial charge in [0.15, 0.2) is 0 Å². The Bertz CT molecular complexity index is 616. The van der Waals surface area contributed by atoms with E-state index in [0.717, 1.165) is 6.20 Å². The summed E-state index contributed by atoms with van der Waals surface area (Å²) in [5.41, 5.74) is 0.761. The third-order valence-corrected chi connectivity index (χ3v) is 2.82. The highest BCUT2D eigenvalue weighted by Crippen LogP contribution is 2.21. The molecule has 0 aliphatic heterocycles. The van der Waals surface area contributed by atoms with E-state index in [1.54, 1.807) is 6.92 Å². The van der Waals surface area contributed by atoms with Crippen LogP contribution in [0.15, 0.2) is 36.7 Å². The van der Waals surface area contributed by atoms with Crippen molar-refractivity contribution in [1.29, 1.82) is 0 Å². The smallest absolute Gasteiger partial charge is 0.404 e. The highest BCUT2D eigenvalue weighted by Gasteiger charge is 2.31. The van der Waals surface area contributed by atoms with Crippen molar-refractivity contribution < 1.29 is 22.3 Å². The maximum atomic E-state index is 13.5. The molecule has 4 nitrogen and oxygen atoms in total. The first-order valence-electron chi connectivity index (χ1n) is 6.39. The van der Waals surface area contributed by atoms with Crippen molar-refractivity contribution >= 4 is 0 Å². The molecular weight excluding hydrogens is 302 g/mol. The fourth-order valence-corrected chi connectivity index (χ4v) is 1.78. The normalized spacial score (nSPS) is 13.0. The zero-order valence-corrected chi connectivity index (χ0v) is 11.6. The standard InChI is InChI=1S/C14H13F4N3O/c1-9(13-12(15)3-2-6-19-13)20-7-10-4-5-11(8-21-10)22-14(16,17)18/h2-6,8-9,20H,7H2,1H3. The molecule has 0 aromatic carbocycles. The minimum Gasteiger partial charge on any atom is -0.404 e. The Labute approximate surface area is 124 Å². The maximum absolute atomic E-state index is 13.5. The summed E-state index contributed by atoms with van der Waals surface area (Å²) < 4.78 is 53.3. The lowest BCUT2D eigenvalue weighted by Crippen LogP contribution is -2.21. The molecule has 0 radical (unpaired) electrons. The molecule has 2 heterocycles. The summed E-state index contributed by atoms with van der Waals surface area (Å²) in [6.07, 6.45) is -2.28. The van der Waals surface area contributed by atoms with Crippen molar-refractivity contribution in [2.75, 3.05) is 0 Å². The molecule has 0 saturated carbocycles. The van der Waals surface area contributed by atoms with Gasteiger partial charge in [-0.1, -0.05) is 0 Å². The van der Waals surface area contributed by atoms with Gasteiger partial charge in [-0.2, -0.15) is 0 Å². The van der Waals surface area contributed by atoms with Crippen LogP contribution in [0.2, 0.25) is 0 Å². The molecule has 0 aliphatic rings. The van der Waals surface area contributed by atoms with Gasteiger partial charge in [0.25, 0.3) is 0 Å². The number of ether oxygens (including phenoxy) is 1. The first kappa shape index (κ1) is 16.2. The minimum atomic E-state index is -4.74. The van der Waals surface area contributed by atoms with Crippen molar-refractivity contribution in [2.45, 2.75) is 25.9 Å². The first-order chi connectivity index (χ1) is 10.3. The Morgan fingerprint density at radius 1 is 1.23 bits per heavy atom. The van der Waals surface area contributed by atoms with E-state index in [9.17, 15) is 17.6 Å². The fraction of sp³-hybridized carbons (Fsp3) is 0.286. The number of rotatable bonds is 5. The van der Waals surface area contributed by atoms with Gasteiger partial charge in [-0.25, -0.2) is 4.39 Å². The van der Waals surface area contributed by atoms with Crippen LogP contribution in [0.25, 0.3) is 0 Å². The van der Waals surface area contributed by atoms with Gasteiger partial charge in [-0.3, -0.25) is 9.97 Å². The number of nitrogens with zero attached hydrogens (tertiary/aromatic N) is 2. The van der Waals surface area contributed by atoms with Crippen LogP contribution in [0.5, 0.6) is 5.75 Å². The van der Waals surface area contributed by atoms with Gasteiger partial charge in [0.2, 0.25) is 0 Å². The molecule has 0 spiro atoms. The Balaban J connectivity index is 1.93. The van der Waals surface area contributed by atoms with Crippen molar-refractivity contribution in [2.24, 2.45) is 0 Å². The van der Waals surface area contributed by atoms with E-state index in [-0.39, 0.29) is 24.0 Å². The number of alkyl halides is 3. The van der Waals surface area contributed by atoms with Crippen molar-refractivity contribution in [1.82, 2.24) is 15.3 Å². The SMILES string of the molecule is CC(NCc1ccc(OC(F)(F)F)cn1)c1ncccc1F. The van der Waals surface area contributed by atoms with Crippen LogP contribution >= 0.6 is 0 Å². The molecule has 0 fully saturated rings. The molecule has 1 unspecified atom stereocenters. The van der Waals surface area contributed by atoms with Crippen molar-refractivity contribution in [3.8, 4) is 5.75 Å². The van der Waals surface area contributed by atoms with E-state index >= 15 is 0 Å². The van der Waals surface area contributed by atoms with E-state index in [0.29, 0.717) is 5.69 Å². The van der Waals surface area contributed by atoms with Gasteiger partial charge in [0, 0.05) is 18.8 Å². The fourth-order valence-electron chi connectivity index (χ4n) is 1.78. The highest BCUT2D eigenvalue weighted by molar-refractivity contribution is 5.20. The number of nitrogens with one attached hydrogen (secondary N) is 1. The molecule has 2 rings (SSSR count). The Morgan fingerprint density at radius 2 is 2.00 bits per heavy atom. The Morgan fingerprint density at radius 3 is 2.59 bits per heavy atom. The monoisotopic (exact) mass is 315 g/mol. The maximum Gasteiger partial charge on any atom is 0.573 e. The molecule has 1 atom stereocenters. The van der Waals surface area contributed by atoms with Crippen LogP contribution < -0.4 is 10.1 Å². The second-order valence-electron chi connectivity index (χ2n) is 4.51. The second kappa shape index (κ2) is 6.69. The summed E-state index contributed by atoms with van der Waals surface area (Å²) >= 11 is 0. The summed E-state index contributed by atoms with van der Waals surface area (Å²) in [5, 5.41) is 3.00. The van der Waals surface area contributed by atoms with E-state index in [2.05, 4.69) is 20.0 Å². The summed E-state index contributed by atoms with van der Waals surface area (Å²) in [7, 11) is 0. The Kier molecular flexibility index (Phi) is 4.92. The average molecular weight is 315 g/mol. The van der Waals surface area contributed by atoms with Crippen molar-refractivity contribution in [3.05, 3.63) is 53.9 Å². The van der Waals surface area contributed by atoms with E-state index in [1.807, 2.05) is 0 Å². The van der Waals surface area contributed by atoms with Crippen LogP contribution in [-0.2, 0) is 6.54 Å². The largest absolute Gasteiger partial charge is 0.573 e. The third-order valence-electron chi connectivity index (χ3n) is 2.82. The number of hydrogen-bond donors (Lipinski definition) is 1. The quantitative estimate of drug-likeness (QED) is 0.860. The topological polar surface area (TPSA) is 47.0 Å². The van der Waals surface area contributed by atoms with Gasteiger partial charge in [0.1, 0.15) is 11.6 Å². The molecule has 0 saturated heterocycles. The highest BCUT2D eigenvalue weighted by atomic mass is 19.4. The van der Waals surface area contributed by atoms with Crippen LogP contribution in [0.3, 0.4) is 0 Å². The molecule has 0 amide bonds. The molecule has 118 valence electrons. The molecule has 2 aromatic heterocycles.